The summed E-state index contributed by atoms with van der Waals surface area (Å²) in [7, 11) is 0. The topological polar surface area (TPSA) is 56.5 Å². The van der Waals surface area contributed by atoms with E-state index in [9.17, 15) is 27.2 Å². The lowest BCUT2D eigenvalue weighted by Crippen LogP contribution is -2.45. The minimum Gasteiger partial charge on any atom is -0.461 e. The molecule has 0 radical (unpaired) electrons. The van der Waals surface area contributed by atoms with Crippen LogP contribution < -0.4 is 4.74 Å². The van der Waals surface area contributed by atoms with Gasteiger partial charge in [0.1, 0.15) is 5.75 Å². The van der Waals surface area contributed by atoms with Gasteiger partial charge in [-0.3, -0.25) is 9.59 Å². The lowest BCUT2D eigenvalue weighted by atomic mass is 10.0. The SMILES string of the molecule is Cc1ccoc1C(=O)CCC(=O)c1ccc2c(c1)SC(F)(F)C(F)(F)O2. The second kappa shape index (κ2) is 6.46. The second-order valence-electron chi connectivity index (χ2n) is 5.68. The van der Waals surface area contributed by atoms with Crippen LogP contribution in [-0.4, -0.2) is 22.9 Å². The Morgan fingerprint density at radius 1 is 1.08 bits per heavy atom. The number of carbonyl (C=O) groups is 2. The Labute approximate surface area is 149 Å². The van der Waals surface area contributed by atoms with E-state index in [2.05, 4.69) is 4.74 Å². The standard InChI is InChI=1S/C17H12F4O4S/c1-9-6-7-24-15(9)12(23)4-3-11(22)10-2-5-13-14(8-10)26-17(20,21)16(18,19)25-13/h2,5-8H,3-4H2,1H3. The zero-order valence-corrected chi connectivity index (χ0v) is 14.2. The maximum Gasteiger partial charge on any atom is 0.475 e. The fourth-order valence-corrected chi connectivity index (χ4v) is 3.22. The fourth-order valence-electron chi connectivity index (χ4n) is 2.38. The zero-order chi connectivity index (χ0) is 19.1. The first-order valence-corrected chi connectivity index (χ1v) is 8.30. The normalized spacial score (nSPS) is 17.3. The van der Waals surface area contributed by atoms with Gasteiger partial charge < -0.3 is 9.15 Å². The number of ether oxygens (including phenoxy) is 1. The van der Waals surface area contributed by atoms with E-state index in [-0.39, 0.29) is 46.6 Å². The largest absolute Gasteiger partial charge is 0.475 e. The molecule has 0 N–H and O–H groups in total. The summed E-state index contributed by atoms with van der Waals surface area (Å²) in [5.41, 5.74) is 0.678. The maximum atomic E-state index is 13.4. The van der Waals surface area contributed by atoms with Gasteiger partial charge in [0.05, 0.1) is 11.2 Å². The molecule has 3 rings (SSSR count). The summed E-state index contributed by atoms with van der Waals surface area (Å²) in [6.07, 6.45) is -3.57. The van der Waals surface area contributed by atoms with Crippen molar-refractivity contribution in [3.8, 4) is 5.75 Å². The van der Waals surface area contributed by atoms with Gasteiger partial charge in [-0.1, -0.05) is 0 Å². The Bertz CT molecular complexity index is 875. The minimum absolute atomic E-state index is 0.0323. The predicted molar refractivity (Wildman–Crippen MR) is 84.2 cm³/mol. The molecule has 0 spiro atoms. The van der Waals surface area contributed by atoms with Gasteiger partial charge in [0.2, 0.25) is 0 Å². The molecule has 0 bridgehead atoms. The first-order valence-electron chi connectivity index (χ1n) is 7.49. The predicted octanol–water partition coefficient (Wildman–Crippen LogP) is 5.10. The van der Waals surface area contributed by atoms with E-state index in [1.54, 1.807) is 13.0 Å². The molecule has 2 heterocycles. The highest BCUT2D eigenvalue weighted by molar-refractivity contribution is 8.00. The number of Topliss-reactive ketones (excluding diaryl/α,β-unsaturated/α-hetero) is 2. The zero-order valence-electron chi connectivity index (χ0n) is 13.4. The van der Waals surface area contributed by atoms with E-state index >= 15 is 0 Å². The molecule has 2 aromatic rings. The van der Waals surface area contributed by atoms with Crippen molar-refractivity contribution in [3.63, 3.8) is 0 Å². The van der Waals surface area contributed by atoms with Gasteiger partial charge >= 0.3 is 11.4 Å². The van der Waals surface area contributed by atoms with Gasteiger partial charge in [0.25, 0.3) is 0 Å². The molecule has 1 aromatic heterocycles. The molecule has 0 unspecified atom stereocenters. The van der Waals surface area contributed by atoms with E-state index in [1.165, 1.54) is 12.3 Å². The van der Waals surface area contributed by atoms with Gasteiger partial charge in [-0.15, -0.1) is 0 Å². The molecule has 138 valence electrons. The Hall–Kier alpha value is -2.29. The van der Waals surface area contributed by atoms with Crippen molar-refractivity contribution in [2.75, 3.05) is 0 Å². The summed E-state index contributed by atoms with van der Waals surface area (Å²) in [4.78, 5) is 23.9. The summed E-state index contributed by atoms with van der Waals surface area (Å²) < 4.78 is 62.3. The first-order chi connectivity index (χ1) is 12.1. The summed E-state index contributed by atoms with van der Waals surface area (Å²) in [6, 6.07) is 4.92. The van der Waals surface area contributed by atoms with E-state index in [0.29, 0.717) is 5.56 Å². The third-order valence-corrected chi connectivity index (χ3v) is 4.81. The van der Waals surface area contributed by atoms with E-state index in [4.69, 9.17) is 4.42 Å². The second-order valence-corrected chi connectivity index (χ2v) is 6.83. The van der Waals surface area contributed by atoms with Crippen LogP contribution in [-0.2, 0) is 0 Å². The lowest BCUT2D eigenvalue weighted by molar-refractivity contribution is -0.273. The average Bonchev–Trinajstić information content (AvgIpc) is 2.98. The van der Waals surface area contributed by atoms with Crippen molar-refractivity contribution in [1.29, 1.82) is 0 Å². The molecule has 0 aliphatic carbocycles. The number of ketones is 2. The van der Waals surface area contributed by atoms with Crippen LogP contribution >= 0.6 is 11.8 Å². The Morgan fingerprint density at radius 3 is 2.42 bits per heavy atom. The molecule has 1 aliphatic heterocycles. The van der Waals surface area contributed by atoms with Crippen LogP contribution in [0.4, 0.5) is 17.6 Å². The van der Waals surface area contributed by atoms with Crippen molar-refractivity contribution in [2.45, 2.75) is 36.0 Å². The molecule has 1 aromatic carbocycles. The number of halogens is 4. The summed E-state index contributed by atoms with van der Waals surface area (Å²) in [6.45, 7) is 1.69. The van der Waals surface area contributed by atoms with Gasteiger partial charge in [0.15, 0.2) is 17.3 Å². The highest BCUT2D eigenvalue weighted by Crippen LogP contribution is 2.54. The molecule has 0 amide bonds. The van der Waals surface area contributed by atoms with Crippen LogP contribution in [0.1, 0.15) is 39.3 Å². The Balaban J connectivity index is 1.72. The van der Waals surface area contributed by atoms with Crippen LogP contribution in [0.3, 0.4) is 0 Å². The molecule has 0 saturated carbocycles. The van der Waals surface area contributed by atoms with Crippen molar-refractivity contribution in [2.24, 2.45) is 0 Å². The monoisotopic (exact) mass is 388 g/mol. The minimum atomic E-state index is -4.64. The lowest BCUT2D eigenvalue weighted by Gasteiger charge is -2.31. The Kier molecular flexibility index (Phi) is 4.60. The third-order valence-electron chi connectivity index (χ3n) is 3.78. The van der Waals surface area contributed by atoms with E-state index in [1.807, 2.05) is 0 Å². The molecular weight excluding hydrogens is 376 g/mol. The number of benzene rings is 1. The van der Waals surface area contributed by atoms with Gasteiger partial charge in [0, 0.05) is 18.4 Å². The maximum absolute atomic E-state index is 13.4. The quantitative estimate of drug-likeness (QED) is 0.527. The van der Waals surface area contributed by atoms with Gasteiger partial charge in [-0.05, 0) is 48.5 Å². The molecule has 0 atom stereocenters. The first kappa shape index (κ1) is 18.5. The third kappa shape index (κ3) is 3.35. The number of aryl methyl sites for hydroxylation is 1. The number of fused-ring (bicyclic) bond motifs is 1. The van der Waals surface area contributed by atoms with Gasteiger partial charge in [-0.25, -0.2) is 0 Å². The summed E-state index contributed by atoms with van der Waals surface area (Å²) >= 11 is -0.365. The van der Waals surface area contributed by atoms with Crippen molar-refractivity contribution in [1.82, 2.24) is 0 Å². The molecule has 0 saturated heterocycles. The summed E-state index contributed by atoms with van der Waals surface area (Å²) in [5.74, 6) is -1.10. The smallest absolute Gasteiger partial charge is 0.461 e. The Morgan fingerprint density at radius 2 is 1.77 bits per heavy atom. The average molecular weight is 388 g/mol. The van der Waals surface area contributed by atoms with E-state index < -0.39 is 22.9 Å². The van der Waals surface area contributed by atoms with Crippen molar-refractivity contribution in [3.05, 3.63) is 47.4 Å². The molecule has 9 heteroatoms. The molecule has 26 heavy (non-hydrogen) atoms. The van der Waals surface area contributed by atoms with Crippen molar-refractivity contribution >= 4 is 23.3 Å². The van der Waals surface area contributed by atoms with Crippen molar-refractivity contribution < 1.29 is 36.3 Å². The summed E-state index contributed by atoms with van der Waals surface area (Å²) in [5, 5.41) is -4.45. The van der Waals surface area contributed by atoms with Crippen LogP contribution in [0.5, 0.6) is 5.75 Å². The molecule has 4 nitrogen and oxygen atoms in total. The number of furan rings is 1. The van der Waals surface area contributed by atoms with E-state index in [0.717, 1.165) is 12.1 Å². The highest BCUT2D eigenvalue weighted by Gasteiger charge is 2.63. The highest BCUT2D eigenvalue weighted by atomic mass is 32.2. The number of alkyl halides is 4. The molecular formula is C17H12F4O4S. The number of rotatable bonds is 5. The fraction of sp³-hybridized carbons (Fsp3) is 0.294. The number of carbonyl (C=O) groups excluding carboxylic acids is 2. The number of thioether (sulfide) groups is 1. The van der Waals surface area contributed by atoms with Crippen LogP contribution in [0.2, 0.25) is 0 Å². The van der Waals surface area contributed by atoms with Crippen LogP contribution in [0, 0.1) is 6.92 Å². The molecule has 1 aliphatic rings. The van der Waals surface area contributed by atoms with Crippen LogP contribution in [0.25, 0.3) is 0 Å². The van der Waals surface area contributed by atoms with Crippen LogP contribution in [0.15, 0.2) is 39.8 Å². The number of hydrogen-bond donors (Lipinski definition) is 0. The number of hydrogen-bond acceptors (Lipinski definition) is 5. The van der Waals surface area contributed by atoms with Gasteiger partial charge in [-0.2, -0.15) is 17.6 Å². The molecule has 0 fully saturated rings.